The molecule has 2 atom stereocenters. The van der Waals surface area contributed by atoms with Gasteiger partial charge in [-0.15, -0.1) is 0 Å². The van der Waals surface area contributed by atoms with Crippen molar-refractivity contribution in [3.8, 4) is 11.3 Å². The summed E-state index contributed by atoms with van der Waals surface area (Å²) in [7, 11) is 0. The summed E-state index contributed by atoms with van der Waals surface area (Å²) in [5.74, 6) is -0.596. The van der Waals surface area contributed by atoms with Crippen molar-refractivity contribution in [2.75, 3.05) is 0 Å². The predicted molar refractivity (Wildman–Crippen MR) is 111 cm³/mol. The molecule has 3 rings (SSSR count). The van der Waals surface area contributed by atoms with Crippen molar-refractivity contribution in [2.45, 2.75) is 52.7 Å². The molecule has 29 heavy (non-hydrogen) atoms. The average molecular weight is 394 g/mol. The second kappa shape index (κ2) is 8.11. The van der Waals surface area contributed by atoms with E-state index in [1.54, 1.807) is 42.9 Å². The fraction of sp³-hybridized carbons (Fsp3) is 0.409. The standard InChI is InChI=1S/C22H26N4O3/c1-6-14(2)18(21(28)29-22(3,4)5)26-19-16(10-8-12-24-19)25-17(20(26)27)15-9-7-11-23-13-15/h7-14,18H,6H2,1-5H3/t14-,18-/m0/s1. The number of aromatic nitrogens is 4. The summed E-state index contributed by atoms with van der Waals surface area (Å²) < 4.78 is 7.10. The summed E-state index contributed by atoms with van der Waals surface area (Å²) in [4.78, 5) is 39.7. The molecular weight excluding hydrogens is 368 g/mol. The molecule has 0 saturated heterocycles. The number of pyridine rings is 2. The fourth-order valence-electron chi connectivity index (χ4n) is 3.17. The first-order valence-electron chi connectivity index (χ1n) is 9.73. The highest BCUT2D eigenvalue weighted by atomic mass is 16.6. The van der Waals surface area contributed by atoms with Crippen LogP contribution in [0.25, 0.3) is 22.4 Å². The minimum absolute atomic E-state index is 0.142. The zero-order valence-corrected chi connectivity index (χ0v) is 17.4. The Hall–Kier alpha value is -3.09. The Balaban J connectivity index is 2.31. The van der Waals surface area contributed by atoms with Crippen molar-refractivity contribution in [1.82, 2.24) is 19.5 Å². The van der Waals surface area contributed by atoms with Crippen LogP contribution in [0, 0.1) is 5.92 Å². The van der Waals surface area contributed by atoms with Gasteiger partial charge in [0.1, 0.15) is 22.9 Å². The molecule has 7 nitrogen and oxygen atoms in total. The minimum atomic E-state index is -0.817. The number of rotatable bonds is 5. The van der Waals surface area contributed by atoms with Gasteiger partial charge in [0, 0.05) is 24.2 Å². The van der Waals surface area contributed by atoms with Crippen LogP contribution in [0.15, 0.2) is 47.7 Å². The molecule has 0 aliphatic heterocycles. The van der Waals surface area contributed by atoms with Crippen LogP contribution in [0.4, 0.5) is 0 Å². The lowest BCUT2D eigenvalue weighted by Crippen LogP contribution is -2.39. The number of fused-ring (bicyclic) bond motifs is 1. The molecule has 3 heterocycles. The number of esters is 1. The van der Waals surface area contributed by atoms with Gasteiger partial charge in [-0.25, -0.2) is 14.8 Å². The summed E-state index contributed by atoms with van der Waals surface area (Å²) in [6.07, 6.45) is 5.50. The van der Waals surface area contributed by atoms with Crippen LogP contribution in [-0.4, -0.2) is 31.1 Å². The third kappa shape index (κ3) is 4.34. The van der Waals surface area contributed by atoms with E-state index in [4.69, 9.17) is 4.74 Å². The molecule has 0 N–H and O–H groups in total. The molecule has 0 radical (unpaired) electrons. The Morgan fingerprint density at radius 1 is 1.21 bits per heavy atom. The van der Waals surface area contributed by atoms with Crippen LogP contribution in [0.2, 0.25) is 0 Å². The van der Waals surface area contributed by atoms with Crippen molar-refractivity contribution >= 4 is 17.1 Å². The van der Waals surface area contributed by atoms with Crippen LogP contribution >= 0.6 is 0 Å². The van der Waals surface area contributed by atoms with Gasteiger partial charge in [0.05, 0.1) is 0 Å². The first kappa shape index (κ1) is 20.6. The van der Waals surface area contributed by atoms with E-state index < -0.39 is 17.6 Å². The number of hydrogen-bond donors (Lipinski definition) is 0. The molecule has 152 valence electrons. The maximum absolute atomic E-state index is 13.5. The van der Waals surface area contributed by atoms with Crippen molar-refractivity contribution in [3.63, 3.8) is 0 Å². The van der Waals surface area contributed by atoms with Gasteiger partial charge in [-0.3, -0.25) is 14.3 Å². The van der Waals surface area contributed by atoms with Gasteiger partial charge in [0.15, 0.2) is 5.65 Å². The van der Waals surface area contributed by atoms with Crippen LogP contribution in [0.1, 0.15) is 47.1 Å². The molecule has 3 aromatic rings. The normalized spacial score (nSPS) is 13.8. The molecule has 0 aliphatic carbocycles. The van der Waals surface area contributed by atoms with E-state index in [1.807, 2.05) is 34.6 Å². The second-order valence-corrected chi connectivity index (χ2v) is 8.09. The quantitative estimate of drug-likeness (QED) is 0.612. The molecule has 0 saturated carbocycles. The van der Waals surface area contributed by atoms with Gasteiger partial charge in [0.2, 0.25) is 0 Å². The highest BCUT2D eigenvalue weighted by Crippen LogP contribution is 2.27. The van der Waals surface area contributed by atoms with Crippen LogP contribution in [0.5, 0.6) is 0 Å². The molecule has 0 bridgehead atoms. The Kier molecular flexibility index (Phi) is 5.77. The fourth-order valence-corrected chi connectivity index (χ4v) is 3.17. The van der Waals surface area contributed by atoms with E-state index >= 15 is 0 Å². The van der Waals surface area contributed by atoms with E-state index in [1.165, 1.54) is 4.57 Å². The lowest BCUT2D eigenvalue weighted by Gasteiger charge is -2.29. The van der Waals surface area contributed by atoms with Gasteiger partial charge in [-0.2, -0.15) is 0 Å². The lowest BCUT2D eigenvalue weighted by molar-refractivity contribution is -0.160. The van der Waals surface area contributed by atoms with Gasteiger partial charge in [-0.1, -0.05) is 20.3 Å². The van der Waals surface area contributed by atoms with Crippen LogP contribution < -0.4 is 5.56 Å². The van der Waals surface area contributed by atoms with E-state index in [2.05, 4.69) is 15.0 Å². The average Bonchev–Trinajstić information content (AvgIpc) is 2.68. The van der Waals surface area contributed by atoms with Crippen LogP contribution in [-0.2, 0) is 9.53 Å². The Labute approximate surface area is 169 Å². The molecule has 7 heteroatoms. The Bertz CT molecular complexity index is 1070. The van der Waals surface area contributed by atoms with E-state index in [0.29, 0.717) is 23.1 Å². The van der Waals surface area contributed by atoms with Gasteiger partial charge in [-0.05, 0) is 51.0 Å². The number of carbonyl (C=O) groups is 1. The number of carbonyl (C=O) groups excluding carboxylic acids is 1. The van der Waals surface area contributed by atoms with E-state index in [0.717, 1.165) is 0 Å². The molecule has 0 unspecified atom stereocenters. The molecule has 0 spiro atoms. The molecule has 3 aromatic heterocycles. The molecule has 0 fully saturated rings. The zero-order valence-electron chi connectivity index (χ0n) is 17.4. The lowest BCUT2D eigenvalue weighted by atomic mass is 9.98. The van der Waals surface area contributed by atoms with Gasteiger partial charge >= 0.3 is 5.97 Å². The monoisotopic (exact) mass is 394 g/mol. The van der Waals surface area contributed by atoms with Gasteiger partial charge in [0.25, 0.3) is 5.56 Å². The van der Waals surface area contributed by atoms with Crippen LogP contribution in [0.3, 0.4) is 0 Å². The zero-order chi connectivity index (χ0) is 21.2. The SMILES string of the molecule is CC[C@H](C)[C@@H](C(=O)OC(C)(C)C)n1c(=O)c(-c2cccnc2)nc2cccnc21. The molecular formula is C22H26N4O3. The van der Waals surface area contributed by atoms with E-state index in [-0.39, 0.29) is 17.2 Å². The smallest absolute Gasteiger partial charge is 0.330 e. The predicted octanol–water partition coefficient (Wildman–Crippen LogP) is 3.78. The summed E-state index contributed by atoms with van der Waals surface area (Å²) in [5, 5.41) is 0. The third-order valence-corrected chi connectivity index (χ3v) is 4.69. The third-order valence-electron chi connectivity index (χ3n) is 4.69. The molecule has 0 amide bonds. The Morgan fingerprint density at radius 3 is 2.55 bits per heavy atom. The van der Waals surface area contributed by atoms with E-state index in [9.17, 15) is 9.59 Å². The summed E-state index contributed by atoms with van der Waals surface area (Å²) in [5.41, 5.74) is 0.651. The maximum Gasteiger partial charge on any atom is 0.330 e. The topological polar surface area (TPSA) is 87.0 Å². The van der Waals surface area contributed by atoms with Crippen molar-refractivity contribution in [1.29, 1.82) is 0 Å². The summed E-state index contributed by atoms with van der Waals surface area (Å²) in [6.45, 7) is 9.34. The molecule has 0 aliphatic rings. The minimum Gasteiger partial charge on any atom is -0.458 e. The summed E-state index contributed by atoms with van der Waals surface area (Å²) >= 11 is 0. The van der Waals surface area contributed by atoms with Gasteiger partial charge < -0.3 is 4.74 Å². The van der Waals surface area contributed by atoms with Crippen molar-refractivity contribution in [2.24, 2.45) is 5.92 Å². The highest BCUT2D eigenvalue weighted by molar-refractivity contribution is 5.80. The number of ether oxygens (including phenoxy) is 1. The number of hydrogen-bond acceptors (Lipinski definition) is 6. The number of nitrogens with zero attached hydrogens (tertiary/aromatic N) is 4. The first-order valence-corrected chi connectivity index (χ1v) is 9.73. The van der Waals surface area contributed by atoms with Crippen molar-refractivity contribution in [3.05, 3.63) is 53.2 Å². The molecule has 0 aromatic carbocycles. The largest absolute Gasteiger partial charge is 0.458 e. The van der Waals surface area contributed by atoms with Crippen molar-refractivity contribution < 1.29 is 9.53 Å². The maximum atomic E-state index is 13.5. The first-order chi connectivity index (χ1) is 13.7. The Morgan fingerprint density at radius 2 is 1.93 bits per heavy atom. The summed E-state index contributed by atoms with van der Waals surface area (Å²) in [6, 6.07) is 6.23. The second-order valence-electron chi connectivity index (χ2n) is 8.09. The highest BCUT2D eigenvalue weighted by Gasteiger charge is 2.33.